The summed E-state index contributed by atoms with van der Waals surface area (Å²) in [6.45, 7) is 8.89. The lowest BCUT2D eigenvalue weighted by atomic mass is 10.0. The molecule has 0 spiro atoms. The molecule has 0 unspecified atom stereocenters. The van der Waals surface area contributed by atoms with Gasteiger partial charge in [-0.25, -0.2) is 0 Å². The van der Waals surface area contributed by atoms with Gasteiger partial charge < -0.3 is 14.0 Å². The van der Waals surface area contributed by atoms with E-state index in [-0.39, 0.29) is 35.7 Å². The molecule has 2 heterocycles. The van der Waals surface area contributed by atoms with Crippen molar-refractivity contribution in [3.63, 3.8) is 0 Å². The molecule has 0 N–H and O–H groups in total. The Kier molecular flexibility index (Phi) is 7.95. The Bertz CT molecular complexity index is 1090. The van der Waals surface area contributed by atoms with E-state index in [2.05, 4.69) is 11.8 Å². The zero-order valence-electron chi connectivity index (χ0n) is 20.1. The van der Waals surface area contributed by atoms with Crippen LogP contribution in [0.5, 0.6) is 5.75 Å². The summed E-state index contributed by atoms with van der Waals surface area (Å²) >= 11 is 0. The van der Waals surface area contributed by atoms with Crippen LogP contribution in [0.4, 0.5) is 0 Å². The van der Waals surface area contributed by atoms with E-state index < -0.39 is 0 Å². The maximum Gasteiger partial charge on any atom is 0.261 e. The van der Waals surface area contributed by atoms with Crippen LogP contribution in [0.25, 0.3) is 0 Å². The molecule has 1 aliphatic heterocycles. The van der Waals surface area contributed by atoms with E-state index in [1.54, 1.807) is 13.1 Å². The third-order valence-corrected chi connectivity index (χ3v) is 6.78. The molecule has 7 nitrogen and oxygen atoms in total. The average Bonchev–Trinajstić information content (AvgIpc) is 3.54. The third-order valence-electron chi connectivity index (χ3n) is 6.78. The van der Waals surface area contributed by atoms with Crippen LogP contribution in [-0.2, 0) is 11.3 Å². The fourth-order valence-electron chi connectivity index (χ4n) is 4.38. The highest BCUT2D eigenvalue weighted by Gasteiger charge is 2.34. The summed E-state index contributed by atoms with van der Waals surface area (Å²) < 4.78 is 12.8. The SMILES string of the molecule is CCC(=O)c1cc(C(=O)C[C@H]2C[C@@H]2C)cn(Cc2cccc(OCCN3CCOCC3)c2)c1=O. The van der Waals surface area contributed by atoms with E-state index in [1.165, 1.54) is 10.6 Å². The van der Waals surface area contributed by atoms with Crippen molar-refractivity contribution in [2.45, 2.75) is 39.7 Å². The number of rotatable bonds is 11. The van der Waals surface area contributed by atoms with Crippen LogP contribution in [0.15, 0.2) is 41.3 Å². The number of pyridine rings is 1. The molecular weight excluding hydrogens is 432 g/mol. The first-order valence-electron chi connectivity index (χ1n) is 12.3. The standard InChI is InChI=1S/C27H34N2O5/c1-3-25(30)24-15-22(26(31)16-21-13-19(21)2)18-29(27(24)32)17-20-5-4-6-23(14-20)34-12-9-28-7-10-33-11-8-28/h4-6,14-15,18-19,21H,3,7-13,16-17H2,1-2H3/t19-,21+/m0/s1. The molecule has 1 saturated carbocycles. The number of hydrogen-bond donors (Lipinski definition) is 0. The molecule has 2 aliphatic rings. The first kappa shape index (κ1) is 24.4. The van der Waals surface area contributed by atoms with Gasteiger partial charge in [-0.3, -0.25) is 19.3 Å². The van der Waals surface area contributed by atoms with Crippen molar-refractivity contribution in [3.05, 3.63) is 63.6 Å². The number of hydrogen-bond acceptors (Lipinski definition) is 6. The van der Waals surface area contributed by atoms with E-state index in [4.69, 9.17) is 9.47 Å². The maximum atomic E-state index is 13.1. The summed E-state index contributed by atoms with van der Waals surface area (Å²) in [6, 6.07) is 9.11. The number of benzene rings is 1. The summed E-state index contributed by atoms with van der Waals surface area (Å²) in [6.07, 6.45) is 3.35. The lowest BCUT2D eigenvalue weighted by Gasteiger charge is -2.26. The normalized spacial score (nSPS) is 20.2. The van der Waals surface area contributed by atoms with Crippen LogP contribution in [0.3, 0.4) is 0 Å². The topological polar surface area (TPSA) is 77.8 Å². The lowest BCUT2D eigenvalue weighted by molar-refractivity contribution is 0.0322. The zero-order valence-corrected chi connectivity index (χ0v) is 20.1. The van der Waals surface area contributed by atoms with E-state index in [9.17, 15) is 14.4 Å². The fourth-order valence-corrected chi connectivity index (χ4v) is 4.38. The molecule has 2 fully saturated rings. The van der Waals surface area contributed by atoms with Gasteiger partial charge in [-0.15, -0.1) is 0 Å². The van der Waals surface area contributed by atoms with Crippen molar-refractivity contribution in [1.82, 2.24) is 9.47 Å². The Labute approximate surface area is 200 Å². The van der Waals surface area contributed by atoms with Gasteiger partial charge in [-0.2, -0.15) is 0 Å². The second-order valence-corrected chi connectivity index (χ2v) is 9.40. The maximum absolute atomic E-state index is 13.1. The van der Waals surface area contributed by atoms with Crippen LogP contribution < -0.4 is 10.3 Å². The number of ether oxygens (including phenoxy) is 2. The number of carbonyl (C=O) groups is 2. The minimum atomic E-state index is -0.359. The van der Waals surface area contributed by atoms with Gasteiger partial charge in [0, 0.05) is 44.2 Å². The number of aromatic nitrogens is 1. The smallest absolute Gasteiger partial charge is 0.261 e. The Morgan fingerprint density at radius 1 is 1.15 bits per heavy atom. The average molecular weight is 467 g/mol. The summed E-state index contributed by atoms with van der Waals surface area (Å²) in [5.41, 5.74) is 1.05. The van der Waals surface area contributed by atoms with Gasteiger partial charge in [0.05, 0.1) is 25.3 Å². The number of nitrogens with zero attached hydrogens (tertiary/aromatic N) is 2. The minimum Gasteiger partial charge on any atom is -0.492 e. The van der Waals surface area contributed by atoms with Crippen molar-refractivity contribution in [2.24, 2.45) is 11.8 Å². The largest absolute Gasteiger partial charge is 0.492 e. The van der Waals surface area contributed by atoms with Gasteiger partial charge in [0.1, 0.15) is 12.4 Å². The van der Waals surface area contributed by atoms with Crippen molar-refractivity contribution >= 4 is 11.6 Å². The summed E-state index contributed by atoms with van der Waals surface area (Å²) in [5.74, 6) is 1.46. The predicted molar refractivity (Wildman–Crippen MR) is 130 cm³/mol. The Balaban J connectivity index is 1.48. The fraction of sp³-hybridized carbons (Fsp3) is 0.519. The number of carbonyl (C=O) groups excluding carboxylic acids is 2. The van der Waals surface area contributed by atoms with E-state index in [0.29, 0.717) is 30.4 Å². The molecule has 0 radical (unpaired) electrons. The van der Waals surface area contributed by atoms with Crippen molar-refractivity contribution in [2.75, 3.05) is 39.5 Å². The lowest BCUT2D eigenvalue weighted by Crippen LogP contribution is -2.38. The molecule has 1 aliphatic carbocycles. The molecule has 182 valence electrons. The van der Waals surface area contributed by atoms with Crippen LogP contribution in [0.2, 0.25) is 0 Å². The summed E-state index contributed by atoms with van der Waals surface area (Å²) in [5, 5.41) is 0. The molecule has 0 amide bonds. The first-order valence-corrected chi connectivity index (χ1v) is 12.3. The highest BCUT2D eigenvalue weighted by Crippen LogP contribution is 2.41. The molecular formula is C27H34N2O5. The van der Waals surface area contributed by atoms with Crippen molar-refractivity contribution in [3.8, 4) is 5.75 Å². The monoisotopic (exact) mass is 466 g/mol. The van der Waals surface area contributed by atoms with Gasteiger partial charge in [0.15, 0.2) is 11.6 Å². The van der Waals surface area contributed by atoms with Gasteiger partial charge >= 0.3 is 0 Å². The Hall–Kier alpha value is -2.77. The van der Waals surface area contributed by atoms with Gasteiger partial charge in [-0.1, -0.05) is 26.0 Å². The molecule has 1 saturated heterocycles. The van der Waals surface area contributed by atoms with Gasteiger partial charge in [-0.05, 0) is 42.0 Å². The minimum absolute atomic E-state index is 0.00606. The summed E-state index contributed by atoms with van der Waals surface area (Å²) in [4.78, 5) is 40.7. The molecule has 1 aromatic heterocycles. The van der Waals surface area contributed by atoms with Crippen LogP contribution >= 0.6 is 0 Å². The quantitative estimate of drug-likeness (QED) is 0.472. The molecule has 34 heavy (non-hydrogen) atoms. The molecule has 4 rings (SSSR count). The van der Waals surface area contributed by atoms with E-state index in [0.717, 1.165) is 50.6 Å². The van der Waals surface area contributed by atoms with Gasteiger partial charge in [0.25, 0.3) is 5.56 Å². The van der Waals surface area contributed by atoms with E-state index >= 15 is 0 Å². The second kappa shape index (κ2) is 11.1. The first-order chi connectivity index (χ1) is 16.4. The second-order valence-electron chi connectivity index (χ2n) is 9.40. The van der Waals surface area contributed by atoms with Gasteiger partial charge in [0.2, 0.25) is 0 Å². The number of morpholine rings is 1. The Morgan fingerprint density at radius 2 is 1.91 bits per heavy atom. The predicted octanol–water partition coefficient (Wildman–Crippen LogP) is 3.43. The number of Topliss-reactive ketones (excluding diaryl/α,β-unsaturated/α-hetero) is 2. The molecule has 2 atom stereocenters. The van der Waals surface area contributed by atoms with Crippen molar-refractivity contribution in [1.29, 1.82) is 0 Å². The molecule has 7 heteroatoms. The third kappa shape index (κ3) is 6.21. The van der Waals surface area contributed by atoms with Crippen molar-refractivity contribution < 1.29 is 19.1 Å². The van der Waals surface area contributed by atoms with E-state index in [1.807, 2.05) is 24.3 Å². The highest BCUT2D eigenvalue weighted by atomic mass is 16.5. The highest BCUT2D eigenvalue weighted by molar-refractivity contribution is 6.01. The Morgan fingerprint density at radius 3 is 2.62 bits per heavy atom. The van der Waals surface area contributed by atoms with Crippen LogP contribution in [0, 0.1) is 11.8 Å². The molecule has 1 aromatic carbocycles. The van der Waals surface area contributed by atoms with Crippen LogP contribution in [-0.4, -0.2) is 60.5 Å². The summed E-state index contributed by atoms with van der Waals surface area (Å²) in [7, 11) is 0. The zero-order chi connectivity index (χ0) is 24.1. The molecule has 0 bridgehead atoms. The molecule has 2 aromatic rings. The van der Waals surface area contributed by atoms with Crippen LogP contribution in [0.1, 0.15) is 59.4 Å². The number of ketones is 2.